The average molecular weight is 245 g/mol. The topological polar surface area (TPSA) is 40.5 Å². The van der Waals surface area contributed by atoms with E-state index < -0.39 is 18.1 Å². The Kier molecular flexibility index (Phi) is 4.42. The number of rotatable bonds is 3. The van der Waals surface area contributed by atoms with Gasteiger partial charge in [-0.15, -0.1) is 0 Å². The summed E-state index contributed by atoms with van der Waals surface area (Å²) in [5.41, 5.74) is 0. The van der Waals surface area contributed by atoms with Crippen LogP contribution >= 0.6 is 8.92 Å². The molecule has 0 rings (SSSR count). The van der Waals surface area contributed by atoms with Crippen LogP contribution in [-0.2, 0) is 0 Å². The van der Waals surface area contributed by atoms with Crippen molar-refractivity contribution in [2.75, 3.05) is 0 Å². The molecule has 4 heteroatoms. The van der Waals surface area contributed by atoms with Gasteiger partial charge >= 0.3 is 58.1 Å². The molecule has 0 fully saturated rings. The zero-order valence-corrected chi connectivity index (χ0v) is 8.50. The summed E-state index contributed by atoms with van der Waals surface area (Å²) in [6, 6.07) is 0. The molecule has 0 aliphatic heterocycles. The van der Waals surface area contributed by atoms with Crippen molar-refractivity contribution in [2.24, 2.45) is 0 Å². The van der Waals surface area contributed by atoms with Crippen LogP contribution in [0.1, 0.15) is 19.8 Å². The SMILES string of the molecule is CCC[CH2][Sn]([OH])([OH])[Cl]. The fourth-order valence-corrected chi connectivity index (χ4v) is 3.59. The minimum atomic E-state index is -3.84. The third kappa shape index (κ3) is 7.01. The summed E-state index contributed by atoms with van der Waals surface area (Å²) in [7, 11) is 5.23. The summed E-state index contributed by atoms with van der Waals surface area (Å²) in [5.74, 6) is 0. The first-order valence-electron chi connectivity index (χ1n) is 2.70. The van der Waals surface area contributed by atoms with Gasteiger partial charge in [0.2, 0.25) is 0 Å². The Morgan fingerprint density at radius 3 is 2.12 bits per heavy atom. The Morgan fingerprint density at radius 2 is 2.00 bits per heavy atom. The van der Waals surface area contributed by atoms with Crippen LogP contribution in [0, 0.1) is 0 Å². The molecule has 0 aromatic rings. The molecular weight excluding hydrogens is 234 g/mol. The zero-order chi connectivity index (χ0) is 6.62. The van der Waals surface area contributed by atoms with Gasteiger partial charge in [0, 0.05) is 0 Å². The molecule has 0 spiro atoms. The molecule has 0 amide bonds. The molecule has 2 nitrogen and oxygen atoms in total. The van der Waals surface area contributed by atoms with Gasteiger partial charge in [-0.2, -0.15) is 0 Å². The van der Waals surface area contributed by atoms with Gasteiger partial charge in [0.15, 0.2) is 0 Å². The summed E-state index contributed by atoms with van der Waals surface area (Å²) in [6.07, 6.45) is 1.82. The number of hydrogen-bond acceptors (Lipinski definition) is 2. The van der Waals surface area contributed by atoms with Crippen LogP contribution in [0.3, 0.4) is 0 Å². The molecule has 0 saturated carbocycles. The number of halogens is 1. The Balaban J connectivity index is 3.11. The molecule has 0 heterocycles. The molecule has 0 radical (unpaired) electrons. The summed E-state index contributed by atoms with van der Waals surface area (Å²) >= 11 is -3.84. The van der Waals surface area contributed by atoms with Crippen molar-refractivity contribution in [3.05, 3.63) is 0 Å². The molecule has 0 bridgehead atoms. The maximum absolute atomic E-state index is 8.68. The van der Waals surface area contributed by atoms with Crippen LogP contribution in [0.5, 0.6) is 0 Å². The molecule has 0 saturated heterocycles. The second-order valence-electron chi connectivity index (χ2n) is 1.82. The molecule has 0 aliphatic carbocycles. The second-order valence-corrected chi connectivity index (χ2v) is 11.4. The average Bonchev–Trinajstić information content (AvgIpc) is 1.59. The van der Waals surface area contributed by atoms with Crippen LogP contribution in [0.15, 0.2) is 0 Å². The van der Waals surface area contributed by atoms with E-state index in [2.05, 4.69) is 0 Å². The van der Waals surface area contributed by atoms with Crippen LogP contribution in [0.2, 0.25) is 4.44 Å². The summed E-state index contributed by atoms with van der Waals surface area (Å²) in [5, 5.41) is 0. The predicted molar refractivity (Wildman–Crippen MR) is 35.8 cm³/mol. The number of unbranched alkanes of at least 4 members (excludes halogenated alkanes) is 1. The van der Waals surface area contributed by atoms with Crippen molar-refractivity contribution in [1.29, 1.82) is 0 Å². The maximum atomic E-state index is 8.68. The van der Waals surface area contributed by atoms with E-state index in [1.807, 2.05) is 6.92 Å². The summed E-state index contributed by atoms with van der Waals surface area (Å²) in [6.45, 7) is 1.99. The Hall–Kier alpha value is 1.01. The van der Waals surface area contributed by atoms with Crippen molar-refractivity contribution in [2.45, 2.75) is 24.2 Å². The standard InChI is InChI=1S/C4H9.ClH.2H2O.Sn/c1-3-4-2;;;;/h1,3-4H2,2H3;1H;2*1H2;/q;;;;+3/p-3. The van der Waals surface area contributed by atoms with E-state index in [0.717, 1.165) is 12.8 Å². The molecule has 0 aromatic heterocycles. The second kappa shape index (κ2) is 3.93. The van der Waals surface area contributed by atoms with Crippen molar-refractivity contribution in [3.8, 4) is 0 Å². The van der Waals surface area contributed by atoms with Gasteiger partial charge in [-0.1, -0.05) is 0 Å². The molecule has 2 N–H and O–H groups in total. The van der Waals surface area contributed by atoms with Gasteiger partial charge in [0.05, 0.1) is 0 Å². The van der Waals surface area contributed by atoms with Crippen LogP contribution < -0.4 is 0 Å². The van der Waals surface area contributed by atoms with E-state index >= 15 is 0 Å². The van der Waals surface area contributed by atoms with E-state index in [0.29, 0.717) is 4.44 Å². The first kappa shape index (κ1) is 9.01. The van der Waals surface area contributed by atoms with E-state index in [1.165, 1.54) is 0 Å². The normalized spacial score (nSPS) is 12.0. The zero-order valence-electron chi connectivity index (χ0n) is 4.89. The fraction of sp³-hybridized carbons (Fsp3) is 1.00. The van der Waals surface area contributed by atoms with Gasteiger partial charge in [-0.25, -0.2) is 0 Å². The predicted octanol–water partition coefficient (Wildman–Crippen LogP) is 0.949. The van der Waals surface area contributed by atoms with Crippen molar-refractivity contribution < 1.29 is 6.89 Å². The molecule has 0 aromatic carbocycles. The Labute approximate surface area is 58.2 Å². The molecule has 0 unspecified atom stereocenters. The van der Waals surface area contributed by atoms with Crippen LogP contribution in [-0.4, -0.2) is 25.0 Å². The minimum absolute atomic E-state index is 0.451. The van der Waals surface area contributed by atoms with Gasteiger partial charge in [-0.3, -0.25) is 0 Å². The van der Waals surface area contributed by atoms with Crippen molar-refractivity contribution >= 4 is 27.0 Å². The fourth-order valence-electron chi connectivity index (χ4n) is 0.402. The van der Waals surface area contributed by atoms with Crippen molar-refractivity contribution in [1.82, 2.24) is 0 Å². The van der Waals surface area contributed by atoms with Crippen LogP contribution in [0.4, 0.5) is 0 Å². The molecule has 8 heavy (non-hydrogen) atoms. The third-order valence-corrected chi connectivity index (χ3v) is 4.94. The summed E-state index contributed by atoms with van der Waals surface area (Å²) < 4.78 is 17.8. The van der Waals surface area contributed by atoms with E-state index in [4.69, 9.17) is 15.8 Å². The third-order valence-electron chi connectivity index (χ3n) is 0.848. The molecule has 0 aliphatic rings. The molecule has 50 valence electrons. The van der Waals surface area contributed by atoms with E-state index in [9.17, 15) is 0 Å². The van der Waals surface area contributed by atoms with Gasteiger partial charge < -0.3 is 0 Å². The summed E-state index contributed by atoms with van der Waals surface area (Å²) in [4.78, 5) is 0. The van der Waals surface area contributed by atoms with Crippen LogP contribution in [0.25, 0.3) is 0 Å². The van der Waals surface area contributed by atoms with Gasteiger partial charge in [0.1, 0.15) is 0 Å². The first-order valence-corrected chi connectivity index (χ1v) is 10.9. The van der Waals surface area contributed by atoms with Gasteiger partial charge in [-0.05, 0) is 0 Å². The molecule has 0 atom stereocenters. The van der Waals surface area contributed by atoms with Gasteiger partial charge in [0.25, 0.3) is 0 Å². The quantitative estimate of drug-likeness (QED) is 0.727. The Morgan fingerprint density at radius 1 is 1.50 bits per heavy atom. The first-order chi connectivity index (χ1) is 3.56. The Bertz CT molecular complexity index is 61.5. The van der Waals surface area contributed by atoms with Crippen molar-refractivity contribution in [3.63, 3.8) is 0 Å². The number of hydrogen-bond donors (Lipinski definition) is 2. The van der Waals surface area contributed by atoms with E-state index in [-0.39, 0.29) is 0 Å². The molecular formula is C4H11ClO2Sn. The van der Waals surface area contributed by atoms with E-state index in [1.54, 1.807) is 0 Å². The monoisotopic (exact) mass is 246 g/mol.